The van der Waals surface area contributed by atoms with Crippen LogP contribution in [-0.4, -0.2) is 13.1 Å². The van der Waals surface area contributed by atoms with Gasteiger partial charge in [-0.15, -0.1) is 0 Å². The minimum atomic E-state index is 0.909. The average molecular weight is 282 g/mol. The summed E-state index contributed by atoms with van der Waals surface area (Å²) in [6.07, 6.45) is 9.86. The highest BCUT2D eigenvalue weighted by atomic mass is 14.9. The summed E-state index contributed by atoms with van der Waals surface area (Å²) in [5, 5.41) is 3.59. The van der Waals surface area contributed by atoms with Crippen molar-refractivity contribution >= 4 is 0 Å². The topological polar surface area (TPSA) is 12.0 Å². The van der Waals surface area contributed by atoms with Crippen LogP contribution in [0, 0.1) is 29.6 Å². The molecule has 1 fully saturated rings. The Hall–Kier alpha value is -0.0400. The van der Waals surface area contributed by atoms with Crippen molar-refractivity contribution in [3.63, 3.8) is 0 Å². The van der Waals surface area contributed by atoms with E-state index in [1.165, 1.54) is 58.0 Å². The molecule has 0 radical (unpaired) electrons. The molecule has 0 bridgehead atoms. The molecular formula is C19H39N. The molecule has 0 saturated heterocycles. The van der Waals surface area contributed by atoms with E-state index in [9.17, 15) is 0 Å². The van der Waals surface area contributed by atoms with Crippen LogP contribution in [0.25, 0.3) is 0 Å². The first-order valence-electron chi connectivity index (χ1n) is 9.36. The number of hydrogen-bond donors (Lipinski definition) is 1. The van der Waals surface area contributed by atoms with Gasteiger partial charge in [0.2, 0.25) is 0 Å². The SMILES string of the molecule is CCCNCC1CC(CC(CC)C(CC)C(C)CC)C1. The first-order valence-corrected chi connectivity index (χ1v) is 9.36. The summed E-state index contributed by atoms with van der Waals surface area (Å²) in [5.41, 5.74) is 0. The van der Waals surface area contributed by atoms with Crippen LogP contribution in [0.15, 0.2) is 0 Å². The second-order valence-corrected chi connectivity index (χ2v) is 7.27. The second-order valence-electron chi connectivity index (χ2n) is 7.27. The molecule has 0 amide bonds. The van der Waals surface area contributed by atoms with Crippen molar-refractivity contribution in [3.8, 4) is 0 Å². The lowest BCUT2D eigenvalue weighted by Crippen LogP contribution is -2.35. The van der Waals surface area contributed by atoms with Crippen LogP contribution in [0.5, 0.6) is 0 Å². The van der Waals surface area contributed by atoms with E-state index in [1.807, 2.05) is 0 Å². The molecule has 0 aromatic heterocycles. The maximum absolute atomic E-state index is 3.59. The fraction of sp³-hybridized carbons (Fsp3) is 1.00. The molecule has 1 rings (SSSR count). The highest BCUT2D eigenvalue weighted by molar-refractivity contribution is 4.84. The van der Waals surface area contributed by atoms with Crippen LogP contribution in [0.2, 0.25) is 0 Å². The van der Waals surface area contributed by atoms with E-state index in [0.29, 0.717) is 0 Å². The molecule has 0 spiro atoms. The molecule has 0 aliphatic heterocycles. The molecule has 1 aliphatic carbocycles. The molecular weight excluding hydrogens is 242 g/mol. The van der Waals surface area contributed by atoms with Crippen molar-refractivity contribution in [2.75, 3.05) is 13.1 Å². The van der Waals surface area contributed by atoms with E-state index < -0.39 is 0 Å². The van der Waals surface area contributed by atoms with Gasteiger partial charge >= 0.3 is 0 Å². The predicted octanol–water partition coefficient (Wildman–Crippen LogP) is 5.50. The molecule has 0 aromatic rings. The Labute approximate surface area is 128 Å². The van der Waals surface area contributed by atoms with Gasteiger partial charge in [0.05, 0.1) is 0 Å². The number of nitrogens with one attached hydrogen (secondary N) is 1. The minimum absolute atomic E-state index is 0.909. The number of hydrogen-bond acceptors (Lipinski definition) is 1. The molecule has 1 N–H and O–H groups in total. The zero-order chi connectivity index (χ0) is 15.0. The van der Waals surface area contributed by atoms with Crippen LogP contribution in [0.1, 0.15) is 79.6 Å². The van der Waals surface area contributed by atoms with Crippen LogP contribution in [-0.2, 0) is 0 Å². The third kappa shape index (κ3) is 5.39. The third-order valence-corrected chi connectivity index (χ3v) is 5.81. The minimum Gasteiger partial charge on any atom is -0.316 e. The summed E-state index contributed by atoms with van der Waals surface area (Å²) in [4.78, 5) is 0. The summed E-state index contributed by atoms with van der Waals surface area (Å²) in [5.74, 6) is 4.86. The maximum Gasteiger partial charge on any atom is -0.00203 e. The first-order chi connectivity index (χ1) is 9.65. The predicted molar refractivity (Wildman–Crippen MR) is 91.0 cm³/mol. The van der Waals surface area contributed by atoms with Gasteiger partial charge in [-0.2, -0.15) is 0 Å². The summed E-state index contributed by atoms with van der Waals surface area (Å²) in [6, 6.07) is 0. The molecule has 0 heterocycles. The van der Waals surface area contributed by atoms with Crippen molar-refractivity contribution < 1.29 is 0 Å². The van der Waals surface area contributed by atoms with E-state index in [4.69, 9.17) is 0 Å². The van der Waals surface area contributed by atoms with E-state index in [2.05, 4.69) is 39.9 Å². The van der Waals surface area contributed by atoms with E-state index in [1.54, 1.807) is 0 Å². The van der Waals surface area contributed by atoms with Crippen molar-refractivity contribution in [1.82, 2.24) is 5.32 Å². The molecule has 0 aromatic carbocycles. The molecule has 20 heavy (non-hydrogen) atoms. The first kappa shape index (κ1) is 18.0. The molecule has 1 nitrogen and oxygen atoms in total. The van der Waals surface area contributed by atoms with Crippen molar-refractivity contribution in [2.45, 2.75) is 79.6 Å². The fourth-order valence-corrected chi connectivity index (χ4v) is 4.29. The lowest BCUT2D eigenvalue weighted by Gasteiger charge is -2.40. The third-order valence-electron chi connectivity index (χ3n) is 5.81. The van der Waals surface area contributed by atoms with Crippen LogP contribution in [0.4, 0.5) is 0 Å². The van der Waals surface area contributed by atoms with Crippen molar-refractivity contribution in [3.05, 3.63) is 0 Å². The summed E-state index contributed by atoms with van der Waals surface area (Å²) < 4.78 is 0. The average Bonchev–Trinajstić information content (AvgIpc) is 2.42. The fourth-order valence-electron chi connectivity index (χ4n) is 4.29. The van der Waals surface area contributed by atoms with Gasteiger partial charge in [-0.3, -0.25) is 0 Å². The monoisotopic (exact) mass is 281 g/mol. The van der Waals surface area contributed by atoms with Gasteiger partial charge in [0, 0.05) is 0 Å². The van der Waals surface area contributed by atoms with Crippen LogP contribution < -0.4 is 5.32 Å². The Morgan fingerprint density at radius 1 is 0.950 bits per heavy atom. The maximum atomic E-state index is 3.59. The molecule has 3 atom stereocenters. The lowest BCUT2D eigenvalue weighted by atomic mass is 9.66. The molecule has 3 unspecified atom stereocenters. The summed E-state index contributed by atoms with van der Waals surface area (Å²) in [6.45, 7) is 14.4. The molecule has 120 valence electrons. The molecule has 1 saturated carbocycles. The van der Waals surface area contributed by atoms with Gasteiger partial charge in [-0.25, -0.2) is 0 Å². The zero-order valence-electron chi connectivity index (χ0n) is 14.8. The lowest BCUT2D eigenvalue weighted by molar-refractivity contribution is 0.113. The van der Waals surface area contributed by atoms with Crippen molar-refractivity contribution in [1.29, 1.82) is 0 Å². The Balaban J connectivity index is 2.28. The Morgan fingerprint density at radius 2 is 1.65 bits per heavy atom. The largest absolute Gasteiger partial charge is 0.316 e. The smallest absolute Gasteiger partial charge is 0.00203 e. The van der Waals surface area contributed by atoms with E-state index >= 15 is 0 Å². The summed E-state index contributed by atoms with van der Waals surface area (Å²) in [7, 11) is 0. The van der Waals surface area contributed by atoms with Gasteiger partial charge in [-0.05, 0) is 68.4 Å². The quantitative estimate of drug-likeness (QED) is 0.493. The summed E-state index contributed by atoms with van der Waals surface area (Å²) >= 11 is 0. The molecule has 1 aliphatic rings. The highest BCUT2D eigenvalue weighted by Crippen LogP contribution is 2.42. The molecule has 1 heteroatoms. The normalized spacial score (nSPS) is 26.9. The second kappa shape index (κ2) is 9.82. The van der Waals surface area contributed by atoms with E-state index in [-0.39, 0.29) is 0 Å². The Bertz CT molecular complexity index is 232. The van der Waals surface area contributed by atoms with Crippen LogP contribution >= 0.6 is 0 Å². The zero-order valence-corrected chi connectivity index (χ0v) is 14.8. The van der Waals surface area contributed by atoms with Gasteiger partial charge in [0.25, 0.3) is 0 Å². The van der Waals surface area contributed by atoms with Crippen LogP contribution in [0.3, 0.4) is 0 Å². The number of rotatable bonds is 11. The van der Waals surface area contributed by atoms with Gasteiger partial charge in [0.15, 0.2) is 0 Å². The van der Waals surface area contributed by atoms with E-state index in [0.717, 1.165) is 29.6 Å². The van der Waals surface area contributed by atoms with Gasteiger partial charge in [0.1, 0.15) is 0 Å². The Kier molecular flexibility index (Phi) is 8.84. The standard InChI is InChI=1S/C19H39N/c1-6-10-20-14-17-11-16(12-17)13-18(8-3)19(9-4)15(5)7-2/h15-20H,6-14H2,1-5H3. The van der Waals surface area contributed by atoms with Gasteiger partial charge < -0.3 is 5.32 Å². The Morgan fingerprint density at radius 3 is 2.15 bits per heavy atom. The van der Waals surface area contributed by atoms with Crippen molar-refractivity contribution in [2.24, 2.45) is 29.6 Å². The highest BCUT2D eigenvalue weighted by Gasteiger charge is 2.33. The van der Waals surface area contributed by atoms with Gasteiger partial charge in [-0.1, -0.05) is 53.9 Å².